The average molecular weight is 423 g/mol. The second-order valence-corrected chi connectivity index (χ2v) is 6.73. The maximum atomic E-state index is 12.8. The Bertz CT molecular complexity index is 1230. The summed E-state index contributed by atoms with van der Waals surface area (Å²) in [6.45, 7) is 0.110. The van der Waals surface area contributed by atoms with Crippen LogP contribution in [0.3, 0.4) is 0 Å². The molecule has 2 aromatic heterocycles. The van der Waals surface area contributed by atoms with E-state index in [0.717, 1.165) is 5.39 Å². The van der Waals surface area contributed by atoms with E-state index in [0.29, 0.717) is 34.2 Å². The fourth-order valence-corrected chi connectivity index (χ4v) is 3.18. The first kappa shape index (κ1) is 20.3. The normalized spacial score (nSPS) is 10.8. The second kappa shape index (κ2) is 8.39. The van der Waals surface area contributed by atoms with Gasteiger partial charge >= 0.3 is 0 Å². The first-order chi connectivity index (χ1) is 15.0. The molecule has 0 fully saturated rings. The Labute approximate surface area is 178 Å². The third-order valence-corrected chi connectivity index (χ3v) is 4.78. The lowest BCUT2D eigenvalue weighted by atomic mass is 10.2. The largest absolute Gasteiger partial charge is 0.497 e. The summed E-state index contributed by atoms with van der Waals surface area (Å²) >= 11 is 0. The number of hydrogen-bond acceptors (Lipinski definition) is 8. The smallest absolute Gasteiger partial charge is 0.289 e. The molecule has 160 valence electrons. The van der Waals surface area contributed by atoms with Crippen LogP contribution in [0.5, 0.6) is 17.2 Å². The summed E-state index contributed by atoms with van der Waals surface area (Å²) in [5, 5.41) is 4.79. The van der Waals surface area contributed by atoms with Crippen LogP contribution in [0.25, 0.3) is 22.4 Å². The number of nitrogens with zero attached hydrogens (tertiary/aromatic N) is 3. The van der Waals surface area contributed by atoms with E-state index < -0.39 is 0 Å². The van der Waals surface area contributed by atoms with Gasteiger partial charge in [0.25, 0.3) is 5.91 Å². The zero-order chi connectivity index (χ0) is 22.0. The van der Waals surface area contributed by atoms with E-state index in [1.165, 1.54) is 4.90 Å². The number of furan rings is 1. The molecule has 2 aromatic carbocycles. The van der Waals surface area contributed by atoms with Crippen molar-refractivity contribution in [3.05, 3.63) is 54.1 Å². The molecule has 2 heterocycles. The second-order valence-electron chi connectivity index (χ2n) is 6.73. The first-order valence-electron chi connectivity index (χ1n) is 9.41. The summed E-state index contributed by atoms with van der Waals surface area (Å²) < 4.78 is 26.9. The molecule has 0 saturated carbocycles. The van der Waals surface area contributed by atoms with E-state index in [-0.39, 0.29) is 24.1 Å². The lowest BCUT2D eigenvalue weighted by molar-refractivity contribution is 0.0740. The minimum absolute atomic E-state index is 0.110. The average Bonchev–Trinajstić information content (AvgIpc) is 3.44. The van der Waals surface area contributed by atoms with Crippen molar-refractivity contribution in [3.63, 3.8) is 0 Å². The number of aromatic nitrogens is 2. The maximum Gasteiger partial charge on any atom is 0.289 e. The van der Waals surface area contributed by atoms with E-state index in [1.807, 2.05) is 12.1 Å². The highest BCUT2D eigenvalue weighted by molar-refractivity contribution is 5.97. The van der Waals surface area contributed by atoms with Crippen LogP contribution in [-0.4, -0.2) is 49.3 Å². The van der Waals surface area contributed by atoms with Gasteiger partial charge in [-0.25, -0.2) is 0 Å². The summed E-state index contributed by atoms with van der Waals surface area (Å²) in [6.07, 6.45) is 0. The standard InChI is InChI=1S/C22H21N3O6/c1-25(22(26)18-10-13-6-5-7-16(28-3)20(13)30-18)12-19-23-21(24-31-19)15-9-8-14(27-2)11-17(15)29-4/h5-11H,12H2,1-4H3. The van der Waals surface area contributed by atoms with Crippen LogP contribution in [0.2, 0.25) is 0 Å². The van der Waals surface area contributed by atoms with Crippen molar-refractivity contribution >= 4 is 16.9 Å². The molecule has 0 saturated heterocycles. The van der Waals surface area contributed by atoms with E-state index in [1.54, 1.807) is 58.7 Å². The molecule has 0 atom stereocenters. The molecule has 9 heteroatoms. The molecule has 0 bridgehead atoms. The van der Waals surface area contributed by atoms with Crippen molar-refractivity contribution in [1.82, 2.24) is 15.0 Å². The van der Waals surface area contributed by atoms with Crippen LogP contribution in [0, 0.1) is 0 Å². The van der Waals surface area contributed by atoms with E-state index in [9.17, 15) is 4.79 Å². The number of hydrogen-bond donors (Lipinski definition) is 0. The van der Waals surface area contributed by atoms with Gasteiger partial charge in [0.2, 0.25) is 11.7 Å². The molecule has 0 aliphatic carbocycles. The van der Waals surface area contributed by atoms with Gasteiger partial charge in [0.05, 0.1) is 26.9 Å². The molecular weight excluding hydrogens is 402 g/mol. The van der Waals surface area contributed by atoms with Gasteiger partial charge < -0.3 is 28.1 Å². The molecule has 1 amide bonds. The predicted molar refractivity (Wildman–Crippen MR) is 111 cm³/mol. The monoisotopic (exact) mass is 423 g/mol. The molecule has 9 nitrogen and oxygen atoms in total. The Balaban J connectivity index is 1.53. The van der Waals surface area contributed by atoms with Crippen LogP contribution in [0.1, 0.15) is 16.4 Å². The number of amides is 1. The Morgan fingerprint density at radius 3 is 2.58 bits per heavy atom. The fraction of sp³-hybridized carbons (Fsp3) is 0.227. The minimum Gasteiger partial charge on any atom is -0.497 e. The molecule has 0 N–H and O–H groups in total. The van der Waals surface area contributed by atoms with Crippen molar-refractivity contribution in [2.24, 2.45) is 0 Å². The fourth-order valence-electron chi connectivity index (χ4n) is 3.18. The van der Waals surface area contributed by atoms with E-state index >= 15 is 0 Å². The van der Waals surface area contributed by atoms with Gasteiger partial charge in [-0.15, -0.1) is 0 Å². The number of carbonyl (C=O) groups is 1. The van der Waals surface area contributed by atoms with Gasteiger partial charge in [-0.1, -0.05) is 17.3 Å². The summed E-state index contributed by atoms with van der Waals surface area (Å²) in [6, 6.07) is 12.4. The van der Waals surface area contributed by atoms with Gasteiger partial charge in [-0.05, 0) is 24.3 Å². The first-order valence-corrected chi connectivity index (χ1v) is 9.41. The highest BCUT2D eigenvalue weighted by Gasteiger charge is 2.21. The minimum atomic E-state index is -0.319. The van der Waals surface area contributed by atoms with Gasteiger partial charge in [-0.3, -0.25) is 4.79 Å². The number of methoxy groups -OCH3 is 3. The zero-order valence-electron chi connectivity index (χ0n) is 17.5. The van der Waals surface area contributed by atoms with Crippen molar-refractivity contribution in [2.75, 3.05) is 28.4 Å². The van der Waals surface area contributed by atoms with Gasteiger partial charge in [0.15, 0.2) is 17.1 Å². The van der Waals surface area contributed by atoms with Crippen molar-refractivity contribution in [2.45, 2.75) is 6.54 Å². The quantitative estimate of drug-likeness (QED) is 0.443. The van der Waals surface area contributed by atoms with Crippen molar-refractivity contribution < 1.29 is 27.9 Å². The number of fused-ring (bicyclic) bond motifs is 1. The predicted octanol–water partition coefficient (Wildman–Crippen LogP) is 3.78. The van der Waals surface area contributed by atoms with Crippen LogP contribution in [-0.2, 0) is 6.54 Å². The lowest BCUT2D eigenvalue weighted by Gasteiger charge is -2.12. The third kappa shape index (κ3) is 3.89. The molecule has 0 radical (unpaired) electrons. The molecule has 0 unspecified atom stereocenters. The Kier molecular flexibility index (Phi) is 5.48. The van der Waals surface area contributed by atoms with Gasteiger partial charge in [0, 0.05) is 18.5 Å². The van der Waals surface area contributed by atoms with E-state index in [4.69, 9.17) is 23.2 Å². The summed E-state index contributed by atoms with van der Waals surface area (Å²) in [4.78, 5) is 18.7. The SMILES string of the molecule is COc1ccc(-c2noc(CN(C)C(=O)c3cc4cccc(OC)c4o3)n2)c(OC)c1. The van der Waals surface area contributed by atoms with E-state index in [2.05, 4.69) is 10.1 Å². The topological polar surface area (TPSA) is 100 Å². The Morgan fingerprint density at radius 1 is 1.03 bits per heavy atom. The summed E-state index contributed by atoms with van der Waals surface area (Å²) in [5.41, 5.74) is 1.17. The number of benzene rings is 2. The van der Waals surface area contributed by atoms with Crippen LogP contribution >= 0.6 is 0 Å². The lowest BCUT2D eigenvalue weighted by Crippen LogP contribution is -2.25. The van der Waals surface area contributed by atoms with Gasteiger partial charge in [0.1, 0.15) is 18.0 Å². The molecule has 0 spiro atoms. The molecule has 0 aliphatic rings. The number of rotatable bonds is 7. The summed E-state index contributed by atoms with van der Waals surface area (Å²) in [7, 11) is 6.31. The molecule has 4 rings (SSSR count). The molecule has 31 heavy (non-hydrogen) atoms. The highest BCUT2D eigenvalue weighted by atomic mass is 16.5. The Morgan fingerprint density at radius 2 is 1.84 bits per heavy atom. The summed E-state index contributed by atoms with van der Waals surface area (Å²) in [5.74, 6) is 2.26. The van der Waals surface area contributed by atoms with Gasteiger partial charge in [-0.2, -0.15) is 4.98 Å². The molecular formula is C22H21N3O6. The zero-order valence-corrected chi connectivity index (χ0v) is 17.5. The van der Waals surface area contributed by atoms with Crippen molar-refractivity contribution in [3.8, 4) is 28.6 Å². The number of ether oxygens (including phenoxy) is 3. The van der Waals surface area contributed by atoms with Crippen LogP contribution in [0.15, 0.2) is 51.4 Å². The maximum absolute atomic E-state index is 12.8. The Hall–Kier alpha value is -4.01. The van der Waals surface area contributed by atoms with Crippen LogP contribution < -0.4 is 14.2 Å². The van der Waals surface area contributed by atoms with Crippen molar-refractivity contribution in [1.29, 1.82) is 0 Å². The molecule has 4 aromatic rings. The highest BCUT2D eigenvalue weighted by Crippen LogP contribution is 2.32. The number of para-hydroxylation sites is 1. The third-order valence-electron chi connectivity index (χ3n) is 4.78. The molecule has 0 aliphatic heterocycles. The number of carbonyl (C=O) groups excluding carboxylic acids is 1. The van der Waals surface area contributed by atoms with Crippen LogP contribution in [0.4, 0.5) is 0 Å².